The number of fused-ring (bicyclic) bond motifs is 1. The first-order valence-corrected chi connectivity index (χ1v) is 13.1. The first kappa shape index (κ1) is 22.7. The average molecular weight is 516 g/mol. The molecule has 3 aromatic carbocycles. The van der Waals surface area contributed by atoms with Crippen molar-refractivity contribution >= 4 is 51.9 Å². The van der Waals surface area contributed by atoms with Crippen molar-refractivity contribution in [1.29, 1.82) is 0 Å². The maximum Gasteiger partial charge on any atom is 0.174 e. The Morgan fingerprint density at radius 3 is 2.29 bits per heavy atom. The monoisotopic (exact) mass is 515 g/mol. The second kappa shape index (κ2) is 9.36. The van der Waals surface area contributed by atoms with Crippen molar-refractivity contribution in [3.05, 3.63) is 128 Å². The first-order chi connectivity index (χ1) is 17.1. The molecule has 3 aliphatic heterocycles. The van der Waals surface area contributed by atoms with Crippen molar-refractivity contribution in [2.75, 3.05) is 20.1 Å². The summed E-state index contributed by atoms with van der Waals surface area (Å²) in [7, 11) is 2.17. The number of likely N-dealkylation sites (N-methyl/N-ethyl adjacent to an activating group) is 1. The van der Waals surface area contributed by atoms with Crippen LogP contribution in [0.5, 0.6) is 0 Å². The summed E-state index contributed by atoms with van der Waals surface area (Å²) in [4.78, 5) is 10.0. The number of nitrogens with zero attached hydrogens (tertiary/aromatic N) is 3. The van der Waals surface area contributed by atoms with E-state index in [1.807, 2.05) is 24.3 Å². The van der Waals surface area contributed by atoms with Crippen LogP contribution in [0.4, 0.5) is 0 Å². The lowest BCUT2D eigenvalue weighted by atomic mass is 9.88. The van der Waals surface area contributed by atoms with Crippen molar-refractivity contribution in [1.82, 2.24) is 9.80 Å². The van der Waals surface area contributed by atoms with Gasteiger partial charge < -0.3 is 4.90 Å². The topological polar surface area (TPSA) is 18.8 Å². The Morgan fingerprint density at radius 1 is 0.886 bits per heavy atom. The van der Waals surface area contributed by atoms with Gasteiger partial charge in [0.05, 0.1) is 17.4 Å². The number of hydrogen-bond acceptors (Lipinski definition) is 4. The van der Waals surface area contributed by atoms with Crippen molar-refractivity contribution < 1.29 is 0 Å². The molecule has 0 radical (unpaired) electrons. The highest BCUT2D eigenvalue weighted by atomic mass is 35.5. The van der Waals surface area contributed by atoms with E-state index in [-0.39, 0.29) is 6.04 Å². The van der Waals surface area contributed by atoms with E-state index in [4.69, 9.17) is 28.2 Å². The molecular formula is C29H23Cl2N3S. The zero-order chi connectivity index (χ0) is 23.9. The number of rotatable bonds is 3. The fraction of sp³-hybridized carbons (Fsp3) is 0.138. The molecule has 174 valence electrons. The van der Waals surface area contributed by atoms with Crippen LogP contribution in [0.3, 0.4) is 0 Å². The highest BCUT2D eigenvalue weighted by Crippen LogP contribution is 2.49. The Hall–Kier alpha value is -2.76. The summed E-state index contributed by atoms with van der Waals surface area (Å²) in [6, 6.07) is 26.8. The van der Waals surface area contributed by atoms with Crippen LogP contribution in [-0.4, -0.2) is 35.1 Å². The highest BCUT2D eigenvalue weighted by molar-refractivity contribution is 8.16. The SMILES string of the molecule is CN1CC2=C(N=C3SC=C(c4ccccc4)N3[C@H]2c2ccc(Cl)cc2)/C(=C/c2ccc(Cl)cc2)C1. The van der Waals surface area contributed by atoms with Gasteiger partial charge in [0, 0.05) is 28.5 Å². The van der Waals surface area contributed by atoms with Crippen LogP contribution in [0.1, 0.15) is 22.7 Å². The number of amidine groups is 1. The molecular weight excluding hydrogens is 493 g/mol. The van der Waals surface area contributed by atoms with Gasteiger partial charge in [-0.3, -0.25) is 4.90 Å². The zero-order valence-electron chi connectivity index (χ0n) is 19.2. The van der Waals surface area contributed by atoms with Crippen molar-refractivity contribution in [2.45, 2.75) is 6.04 Å². The van der Waals surface area contributed by atoms with E-state index in [0.717, 1.165) is 39.6 Å². The van der Waals surface area contributed by atoms with E-state index < -0.39 is 0 Å². The molecule has 0 fully saturated rings. The van der Waals surface area contributed by atoms with E-state index >= 15 is 0 Å². The van der Waals surface area contributed by atoms with Gasteiger partial charge >= 0.3 is 0 Å². The van der Waals surface area contributed by atoms with Crippen molar-refractivity contribution in [3.63, 3.8) is 0 Å². The molecule has 0 bridgehead atoms. The largest absolute Gasteiger partial charge is 0.308 e. The third kappa shape index (κ3) is 4.36. The average Bonchev–Trinajstić information content (AvgIpc) is 3.29. The molecule has 6 rings (SSSR count). The summed E-state index contributed by atoms with van der Waals surface area (Å²) >= 11 is 14.1. The number of hydrogen-bond donors (Lipinski definition) is 0. The molecule has 0 saturated heterocycles. The molecule has 6 heteroatoms. The Labute approximate surface area is 220 Å². The molecule has 0 aromatic heterocycles. The fourth-order valence-corrected chi connectivity index (χ4v) is 6.12. The molecule has 0 saturated carbocycles. The lowest BCUT2D eigenvalue weighted by Gasteiger charge is -2.42. The van der Waals surface area contributed by atoms with E-state index in [2.05, 4.69) is 82.9 Å². The van der Waals surface area contributed by atoms with Gasteiger partial charge in [0.25, 0.3) is 0 Å². The molecule has 0 spiro atoms. The molecule has 0 N–H and O–H groups in total. The number of halogens is 2. The van der Waals surface area contributed by atoms with Crippen LogP contribution < -0.4 is 0 Å². The second-order valence-electron chi connectivity index (χ2n) is 8.97. The first-order valence-electron chi connectivity index (χ1n) is 11.5. The molecule has 0 unspecified atom stereocenters. The summed E-state index contributed by atoms with van der Waals surface area (Å²) in [5, 5.41) is 4.72. The lowest BCUT2D eigenvalue weighted by Crippen LogP contribution is -2.40. The summed E-state index contributed by atoms with van der Waals surface area (Å²) < 4.78 is 0. The minimum absolute atomic E-state index is 0.0348. The number of thioether (sulfide) groups is 1. The van der Waals surface area contributed by atoms with Crippen molar-refractivity contribution in [2.24, 2.45) is 4.99 Å². The lowest BCUT2D eigenvalue weighted by molar-refractivity contribution is 0.344. The number of benzene rings is 3. The minimum Gasteiger partial charge on any atom is -0.308 e. The molecule has 0 aliphatic carbocycles. The Morgan fingerprint density at radius 2 is 1.57 bits per heavy atom. The maximum atomic E-state index is 6.28. The third-order valence-electron chi connectivity index (χ3n) is 6.49. The van der Waals surface area contributed by atoms with Crippen molar-refractivity contribution in [3.8, 4) is 0 Å². The highest BCUT2D eigenvalue weighted by Gasteiger charge is 2.41. The van der Waals surface area contributed by atoms with E-state index in [1.54, 1.807) is 11.8 Å². The van der Waals surface area contributed by atoms with Gasteiger partial charge in [-0.25, -0.2) is 4.99 Å². The molecule has 3 aromatic rings. The predicted molar refractivity (Wildman–Crippen MR) is 149 cm³/mol. The molecule has 3 aliphatic rings. The van der Waals surface area contributed by atoms with Gasteiger partial charge in [-0.1, -0.05) is 89.6 Å². The maximum absolute atomic E-state index is 6.28. The van der Waals surface area contributed by atoms with E-state index in [0.29, 0.717) is 0 Å². The molecule has 3 heterocycles. The summed E-state index contributed by atoms with van der Waals surface area (Å²) in [5.41, 5.74) is 8.32. The third-order valence-corrected chi connectivity index (χ3v) is 7.84. The Bertz CT molecular complexity index is 1390. The van der Waals surface area contributed by atoms with Crippen LogP contribution in [0.25, 0.3) is 11.8 Å². The summed E-state index contributed by atoms with van der Waals surface area (Å²) in [6.45, 7) is 1.69. The van der Waals surface area contributed by atoms with Gasteiger partial charge in [-0.2, -0.15) is 0 Å². The summed E-state index contributed by atoms with van der Waals surface area (Å²) in [5.74, 6) is 0. The Kier molecular flexibility index (Phi) is 6.07. The standard InChI is InChI=1S/C29H23Cl2N3S/c1-33-16-22(15-19-7-11-23(30)12-8-19)27-25(17-33)28(21-9-13-24(31)14-10-21)34-26(18-35-29(34)32-27)20-5-3-2-4-6-20/h2-15,18,28H,16-17H2,1H3/b22-15+/t28-/m0/s1. The molecule has 0 amide bonds. The van der Waals surface area contributed by atoms with Gasteiger partial charge in [0.1, 0.15) is 0 Å². The second-order valence-corrected chi connectivity index (χ2v) is 10.7. The smallest absolute Gasteiger partial charge is 0.174 e. The van der Waals surface area contributed by atoms with Crippen LogP contribution in [0.15, 0.2) is 106 Å². The quantitative estimate of drug-likeness (QED) is 0.355. The normalized spacial score (nSPS) is 21.1. The minimum atomic E-state index is 0.0348. The van der Waals surface area contributed by atoms with Gasteiger partial charge in [-0.05, 0) is 65.2 Å². The van der Waals surface area contributed by atoms with Crippen LogP contribution in [0.2, 0.25) is 10.0 Å². The summed E-state index contributed by atoms with van der Waals surface area (Å²) in [6.07, 6.45) is 2.24. The van der Waals surface area contributed by atoms with Gasteiger partial charge in [0.15, 0.2) is 5.17 Å². The van der Waals surface area contributed by atoms with E-state index in [1.165, 1.54) is 28.0 Å². The zero-order valence-corrected chi connectivity index (χ0v) is 21.5. The Balaban J connectivity index is 1.51. The van der Waals surface area contributed by atoms with Crippen LogP contribution in [0, 0.1) is 0 Å². The molecule has 1 atom stereocenters. The molecule has 35 heavy (non-hydrogen) atoms. The van der Waals surface area contributed by atoms with Gasteiger partial charge in [0.2, 0.25) is 0 Å². The predicted octanol–water partition coefficient (Wildman–Crippen LogP) is 7.73. The molecule has 3 nitrogen and oxygen atoms in total. The van der Waals surface area contributed by atoms with E-state index in [9.17, 15) is 0 Å². The van der Waals surface area contributed by atoms with Crippen LogP contribution >= 0.6 is 35.0 Å². The number of aliphatic imine (C=N–C) groups is 1. The van der Waals surface area contributed by atoms with Gasteiger partial charge in [-0.15, -0.1) is 0 Å². The van der Waals surface area contributed by atoms with Crippen LogP contribution in [-0.2, 0) is 0 Å². The fourth-order valence-electron chi connectivity index (χ4n) is 4.94.